The maximum atomic E-state index is 12.3. The minimum Gasteiger partial charge on any atom is -0.444 e. The van der Waals surface area contributed by atoms with Crippen LogP contribution >= 0.6 is 0 Å². The molecule has 128 valence electrons. The quantitative estimate of drug-likeness (QED) is 0.712. The summed E-state index contributed by atoms with van der Waals surface area (Å²) in [5.41, 5.74) is -0.677. The highest BCUT2D eigenvalue weighted by molar-refractivity contribution is 6.01. The van der Waals surface area contributed by atoms with Crippen molar-refractivity contribution in [2.75, 3.05) is 6.54 Å². The molecule has 0 aromatic rings. The topological polar surface area (TPSA) is 93.2 Å². The molecule has 0 aromatic carbocycles. The molecular formula is C15H22N2O6. The Morgan fingerprint density at radius 1 is 1.09 bits per heavy atom. The monoisotopic (exact) mass is 326 g/mol. The Morgan fingerprint density at radius 2 is 1.70 bits per heavy atom. The van der Waals surface area contributed by atoms with E-state index in [9.17, 15) is 19.2 Å². The predicted octanol–water partition coefficient (Wildman–Crippen LogP) is 1.38. The van der Waals surface area contributed by atoms with E-state index in [2.05, 4.69) is 0 Å². The van der Waals surface area contributed by atoms with Crippen LogP contribution in [0.2, 0.25) is 0 Å². The summed E-state index contributed by atoms with van der Waals surface area (Å²) in [4.78, 5) is 53.8. The van der Waals surface area contributed by atoms with Crippen LogP contribution in [-0.2, 0) is 24.0 Å². The number of carbonyl (C=O) groups excluding carboxylic acids is 4. The average Bonchev–Trinajstić information content (AvgIpc) is 2.77. The van der Waals surface area contributed by atoms with Gasteiger partial charge in [0, 0.05) is 19.4 Å². The van der Waals surface area contributed by atoms with Crippen LogP contribution in [0.3, 0.4) is 0 Å². The van der Waals surface area contributed by atoms with E-state index in [1.807, 2.05) is 0 Å². The molecule has 2 saturated heterocycles. The molecule has 2 fully saturated rings. The van der Waals surface area contributed by atoms with Crippen molar-refractivity contribution in [3.63, 3.8) is 0 Å². The van der Waals surface area contributed by atoms with E-state index in [1.54, 1.807) is 20.8 Å². The van der Waals surface area contributed by atoms with Crippen LogP contribution < -0.4 is 0 Å². The van der Waals surface area contributed by atoms with Crippen LogP contribution in [0, 0.1) is 0 Å². The standard InChI is InChI=1S/C15H22N2O6/c1-15(2,3)22-14(21)16-9-5-4-6-10(16)13(20)23-17-11(18)7-8-12(17)19/h10H,4-9H2,1-3H3/t10-/m0/s1. The summed E-state index contributed by atoms with van der Waals surface area (Å²) >= 11 is 0. The molecule has 2 heterocycles. The van der Waals surface area contributed by atoms with E-state index < -0.39 is 35.5 Å². The first-order valence-corrected chi connectivity index (χ1v) is 7.76. The lowest BCUT2D eigenvalue weighted by molar-refractivity contribution is -0.201. The number of nitrogens with zero attached hydrogens (tertiary/aromatic N) is 2. The van der Waals surface area contributed by atoms with Crippen molar-refractivity contribution in [3.05, 3.63) is 0 Å². The second-order valence-electron chi connectivity index (χ2n) is 6.68. The minimum absolute atomic E-state index is 0.0343. The molecule has 0 spiro atoms. The highest BCUT2D eigenvalue weighted by Gasteiger charge is 2.40. The summed E-state index contributed by atoms with van der Waals surface area (Å²) in [6, 6.07) is -0.847. The molecule has 0 aromatic heterocycles. The minimum atomic E-state index is -0.847. The summed E-state index contributed by atoms with van der Waals surface area (Å²) in [6.45, 7) is 5.59. The Labute approximate surface area is 134 Å². The van der Waals surface area contributed by atoms with Crippen LogP contribution in [0.15, 0.2) is 0 Å². The fourth-order valence-electron chi connectivity index (χ4n) is 2.52. The number of hydrogen-bond acceptors (Lipinski definition) is 6. The molecule has 0 saturated carbocycles. The largest absolute Gasteiger partial charge is 0.444 e. The van der Waals surface area contributed by atoms with Crippen LogP contribution in [0.1, 0.15) is 52.9 Å². The lowest BCUT2D eigenvalue weighted by atomic mass is 10.0. The molecule has 0 bridgehead atoms. The second kappa shape index (κ2) is 6.55. The van der Waals surface area contributed by atoms with Crippen LogP contribution in [-0.4, -0.2) is 52.0 Å². The molecule has 23 heavy (non-hydrogen) atoms. The smallest absolute Gasteiger partial charge is 0.411 e. The van der Waals surface area contributed by atoms with Gasteiger partial charge >= 0.3 is 12.1 Å². The third kappa shape index (κ3) is 4.20. The van der Waals surface area contributed by atoms with Crippen LogP contribution in [0.5, 0.6) is 0 Å². The Balaban J connectivity index is 2.05. The molecule has 8 heteroatoms. The van der Waals surface area contributed by atoms with Gasteiger partial charge in [-0.05, 0) is 40.0 Å². The van der Waals surface area contributed by atoms with Gasteiger partial charge < -0.3 is 9.57 Å². The van der Waals surface area contributed by atoms with Gasteiger partial charge in [-0.1, -0.05) is 0 Å². The van der Waals surface area contributed by atoms with Crippen molar-refractivity contribution < 1.29 is 28.8 Å². The number of likely N-dealkylation sites (tertiary alicyclic amines) is 1. The zero-order chi connectivity index (χ0) is 17.2. The molecule has 0 radical (unpaired) electrons. The molecule has 2 aliphatic rings. The van der Waals surface area contributed by atoms with Crippen molar-refractivity contribution in [2.45, 2.75) is 64.5 Å². The van der Waals surface area contributed by atoms with Gasteiger partial charge in [0.05, 0.1) is 0 Å². The normalized spacial score (nSPS) is 22.3. The number of imide groups is 1. The first-order chi connectivity index (χ1) is 10.7. The molecule has 0 N–H and O–H groups in total. The third-order valence-corrected chi connectivity index (χ3v) is 3.59. The molecule has 3 amide bonds. The van der Waals surface area contributed by atoms with Crippen molar-refractivity contribution >= 4 is 23.9 Å². The zero-order valence-corrected chi connectivity index (χ0v) is 13.7. The lowest BCUT2D eigenvalue weighted by Crippen LogP contribution is -2.51. The van der Waals surface area contributed by atoms with Crippen molar-refractivity contribution in [2.24, 2.45) is 0 Å². The highest BCUT2D eigenvalue weighted by atomic mass is 16.7. The summed E-state index contributed by atoms with van der Waals surface area (Å²) < 4.78 is 5.30. The highest BCUT2D eigenvalue weighted by Crippen LogP contribution is 2.22. The second-order valence-corrected chi connectivity index (χ2v) is 6.68. The summed E-state index contributed by atoms with van der Waals surface area (Å²) in [5, 5.41) is 0.504. The molecule has 1 atom stereocenters. The van der Waals surface area contributed by atoms with E-state index in [0.717, 1.165) is 12.8 Å². The Bertz CT molecular complexity index is 509. The molecule has 0 unspecified atom stereocenters. The molecule has 2 rings (SSSR count). The first kappa shape index (κ1) is 17.2. The number of rotatable bonds is 2. The van der Waals surface area contributed by atoms with Gasteiger partial charge in [0.1, 0.15) is 11.6 Å². The molecular weight excluding hydrogens is 304 g/mol. The maximum absolute atomic E-state index is 12.3. The number of hydrogen-bond donors (Lipinski definition) is 0. The number of carbonyl (C=O) groups is 4. The van der Waals surface area contributed by atoms with Gasteiger partial charge in [-0.2, -0.15) is 0 Å². The van der Waals surface area contributed by atoms with E-state index in [0.29, 0.717) is 18.0 Å². The van der Waals surface area contributed by atoms with Gasteiger partial charge in [0.25, 0.3) is 11.8 Å². The Hall–Kier alpha value is -2.12. The third-order valence-electron chi connectivity index (χ3n) is 3.59. The van der Waals surface area contributed by atoms with E-state index in [4.69, 9.17) is 9.57 Å². The van der Waals surface area contributed by atoms with Crippen molar-refractivity contribution in [1.29, 1.82) is 0 Å². The van der Waals surface area contributed by atoms with Crippen molar-refractivity contribution in [3.8, 4) is 0 Å². The van der Waals surface area contributed by atoms with Gasteiger partial charge in [-0.25, -0.2) is 9.59 Å². The van der Waals surface area contributed by atoms with Crippen LogP contribution in [0.4, 0.5) is 4.79 Å². The summed E-state index contributed by atoms with van der Waals surface area (Å²) in [5.74, 6) is -1.86. The SMILES string of the molecule is CC(C)(C)OC(=O)N1CCCC[C@H]1C(=O)ON1C(=O)CCC1=O. The number of hydroxylamine groups is 2. The Kier molecular flexibility index (Phi) is 4.91. The van der Waals surface area contributed by atoms with Gasteiger partial charge in [0.15, 0.2) is 0 Å². The number of ether oxygens (including phenoxy) is 1. The van der Waals surface area contributed by atoms with E-state index >= 15 is 0 Å². The van der Waals surface area contributed by atoms with E-state index in [-0.39, 0.29) is 12.8 Å². The summed E-state index contributed by atoms with van der Waals surface area (Å²) in [6.07, 6.45) is 1.39. The summed E-state index contributed by atoms with van der Waals surface area (Å²) in [7, 11) is 0. The van der Waals surface area contributed by atoms with E-state index in [1.165, 1.54) is 4.90 Å². The molecule has 8 nitrogen and oxygen atoms in total. The number of piperidine rings is 1. The van der Waals surface area contributed by atoms with Gasteiger partial charge in [-0.15, -0.1) is 5.06 Å². The van der Waals surface area contributed by atoms with Gasteiger partial charge in [0.2, 0.25) is 0 Å². The first-order valence-electron chi connectivity index (χ1n) is 7.76. The molecule has 0 aliphatic carbocycles. The molecule has 2 aliphatic heterocycles. The number of amides is 3. The zero-order valence-electron chi connectivity index (χ0n) is 13.7. The fraction of sp³-hybridized carbons (Fsp3) is 0.733. The maximum Gasteiger partial charge on any atom is 0.411 e. The van der Waals surface area contributed by atoms with Gasteiger partial charge in [-0.3, -0.25) is 14.5 Å². The predicted molar refractivity (Wildman–Crippen MR) is 77.8 cm³/mol. The fourth-order valence-corrected chi connectivity index (χ4v) is 2.52. The van der Waals surface area contributed by atoms with Crippen LogP contribution in [0.25, 0.3) is 0 Å². The average molecular weight is 326 g/mol. The Morgan fingerprint density at radius 3 is 2.26 bits per heavy atom. The van der Waals surface area contributed by atoms with Crippen molar-refractivity contribution in [1.82, 2.24) is 9.96 Å². The lowest BCUT2D eigenvalue weighted by Gasteiger charge is -2.35.